The molecule has 4 aromatic rings. The highest BCUT2D eigenvalue weighted by molar-refractivity contribution is 9.10. The summed E-state index contributed by atoms with van der Waals surface area (Å²) in [4.78, 5) is 55.4. The summed E-state index contributed by atoms with van der Waals surface area (Å²) in [5.41, 5.74) is 4.25. The highest BCUT2D eigenvalue weighted by atomic mass is 79.9. The van der Waals surface area contributed by atoms with Gasteiger partial charge >= 0.3 is 0 Å². The molecule has 2 aliphatic rings. The van der Waals surface area contributed by atoms with Crippen LogP contribution in [-0.4, -0.2) is 72.4 Å². The maximum Gasteiger partial charge on any atom is 0.248 e. The van der Waals surface area contributed by atoms with Crippen molar-refractivity contribution in [2.24, 2.45) is 5.41 Å². The summed E-state index contributed by atoms with van der Waals surface area (Å²) in [6, 6.07) is 6.89. The van der Waals surface area contributed by atoms with Crippen LogP contribution in [0, 0.1) is 26.2 Å². The number of ketones is 1. The molecule has 44 heavy (non-hydrogen) atoms. The van der Waals surface area contributed by atoms with Crippen molar-refractivity contribution in [3.8, 4) is 11.1 Å². The smallest absolute Gasteiger partial charge is 0.248 e. The minimum Gasteiger partial charge on any atom is -0.325 e. The number of likely N-dealkylation sites (tertiary alicyclic amines) is 1. The number of carbonyl (C=O) groups is 3. The minimum absolute atomic E-state index is 0.0512. The van der Waals surface area contributed by atoms with Crippen molar-refractivity contribution in [1.29, 1.82) is 0 Å². The first-order valence-electron chi connectivity index (χ1n) is 14.8. The number of rotatable bonds is 9. The van der Waals surface area contributed by atoms with Gasteiger partial charge in [-0.2, -0.15) is 5.10 Å². The Bertz CT molecular complexity index is 1800. The van der Waals surface area contributed by atoms with Gasteiger partial charge in [-0.15, -0.1) is 0 Å². The monoisotopic (exact) mass is 658 g/mol. The molecule has 4 heterocycles. The largest absolute Gasteiger partial charge is 0.325 e. The predicted octanol–water partition coefficient (Wildman–Crippen LogP) is 4.39. The molecule has 1 saturated carbocycles. The highest BCUT2D eigenvalue weighted by Gasteiger charge is 2.66. The standard InChI is InChI=1S/C32H35BrN8O3/c1-6-34-16-32-11-24(31(44)38-30-17(2)7-8-26(33)37-30)41(25(32)12-32)27(43)15-40-29-18(3)9-21(22-13-35-20(5)36-14-22)10-23(29)28(39-40)19(4)42/h7-10,13-14,24-25,34H,6,11-12,15-16H2,1-5H3,(H,37,38,44)/t24-,25+,32-/m0/s1. The van der Waals surface area contributed by atoms with Gasteiger partial charge in [0.1, 0.15) is 34.5 Å². The van der Waals surface area contributed by atoms with Gasteiger partial charge in [-0.25, -0.2) is 15.0 Å². The summed E-state index contributed by atoms with van der Waals surface area (Å²) >= 11 is 3.38. The summed E-state index contributed by atoms with van der Waals surface area (Å²) in [6.07, 6.45) is 4.91. The fraction of sp³-hybridized carbons (Fsp3) is 0.406. The normalized spacial score (nSPS) is 20.5. The number of anilines is 1. The third kappa shape index (κ3) is 5.41. The number of fused-ring (bicyclic) bond motifs is 2. The topological polar surface area (TPSA) is 135 Å². The number of benzene rings is 1. The molecule has 12 heteroatoms. The average molecular weight is 660 g/mol. The lowest BCUT2D eigenvalue weighted by Crippen LogP contribution is -2.47. The Morgan fingerprint density at radius 2 is 1.80 bits per heavy atom. The van der Waals surface area contributed by atoms with Crippen LogP contribution >= 0.6 is 15.9 Å². The number of hydrogen-bond donors (Lipinski definition) is 2. The second-order valence-electron chi connectivity index (χ2n) is 11.9. The molecular weight excluding hydrogens is 624 g/mol. The third-order valence-corrected chi connectivity index (χ3v) is 9.25. The maximum absolute atomic E-state index is 14.2. The van der Waals surface area contributed by atoms with E-state index in [-0.39, 0.29) is 35.6 Å². The molecule has 3 aromatic heterocycles. The predicted molar refractivity (Wildman–Crippen MR) is 170 cm³/mol. The molecule has 6 rings (SSSR count). The van der Waals surface area contributed by atoms with Gasteiger partial charge in [0.05, 0.1) is 5.52 Å². The van der Waals surface area contributed by atoms with Crippen molar-refractivity contribution in [3.05, 3.63) is 63.9 Å². The lowest BCUT2D eigenvalue weighted by atomic mass is 9.99. The summed E-state index contributed by atoms with van der Waals surface area (Å²) in [5, 5.41) is 11.7. The van der Waals surface area contributed by atoms with Crippen LogP contribution in [0.2, 0.25) is 0 Å². The number of halogens is 1. The van der Waals surface area contributed by atoms with Gasteiger partial charge in [-0.1, -0.05) is 13.0 Å². The van der Waals surface area contributed by atoms with E-state index >= 15 is 0 Å². The number of nitrogens with zero attached hydrogens (tertiary/aromatic N) is 6. The van der Waals surface area contributed by atoms with E-state index in [9.17, 15) is 14.4 Å². The van der Waals surface area contributed by atoms with E-state index in [0.29, 0.717) is 39.3 Å². The molecule has 0 spiro atoms. The molecule has 1 aliphatic carbocycles. The van der Waals surface area contributed by atoms with E-state index < -0.39 is 6.04 Å². The van der Waals surface area contributed by atoms with E-state index in [1.807, 2.05) is 52.0 Å². The van der Waals surface area contributed by atoms with E-state index in [0.717, 1.165) is 41.8 Å². The molecule has 0 radical (unpaired) electrons. The molecule has 11 nitrogen and oxygen atoms in total. The number of aromatic nitrogens is 5. The van der Waals surface area contributed by atoms with Crippen LogP contribution < -0.4 is 10.6 Å². The molecule has 2 amide bonds. The second-order valence-corrected chi connectivity index (χ2v) is 12.8. The SMILES string of the molecule is CCNC[C@@]12C[C@@H](C(=O)Nc3nc(Br)ccc3C)N(C(=O)Cn3nc(C(C)=O)c4cc(-c5cnc(C)nc5)cc(C)c43)[C@@H]1C2. The molecule has 1 saturated heterocycles. The summed E-state index contributed by atoms with van der Waals surface area (Å²) < 4.78 is 2.23. The lowest BCUT2D eigenvalue weighted by Gasteiger charge is -2.27. The van der Waals surface area contributed by atoms with Gasteiger partial charge < -0.3 is 15.5 Å². The molecule has 228 valence electrons. The van der Waals surface area contributed by atoms with Crippen LogP contribution in [0.3, 0.4) is 0 Å². The highest BCUT2D eigenvalue weighted by Crippen LogP contribution is 2.59. The van der Waals surface area contributed by atoms with Crippen LogP contribution in [0.25, 0.3) is 22.0 Å². The van der Waals surface area contributed by atoms with Crippen LogP contribution in [0.1, 0.15) is 54.1 Å². The first-order valence-corrected chi connectivity index (χ1v) is 15.6. The number of pyridine rings is 1. The first-order chi connectivity index (χ1) is 21.0. The minimum atomic E-state index is -0.650. The Morgan fingerprint density at radius 1 is 1.05 bits per heavy atom. The van der Waals surface area contributed by atoms with Crippen LogP contribution in [0.5, 0.6) is 0 Å². The molecule has 1 aliphatic heterocycles. The summed E-state index contributed by atoms with van der Waals surface area (Å²) in [5.74, 6) is 0.475. The van der Waals surface area contributed by atoms with Gasteiger partial charge in [0, 0.05) is 48.3 Å². The molecule has 2 N–H and O–H groups in total. The van der Waals surface area contributed by atoms with Gasteiger partial charge in [0.25, 0.3) is 0 Å². The van der Waals surface area contributed by atoms with E-state index in [1.165, 1.54) is 6.92 Å². The summed E-state index contributed by atoms with van der Waals surface area (Å²) in [7, 11) is 0. The zero-order valence-corrected chi connectivity index (χ0v) is 27.0. The first kappa shape index (κ1) is 30.0. The number of piperidine rings is 1. The van der Waals surface area contributed by atoms with Gasteiger partial charge in [-0.05, 0) is 91.0 Å². The fourth-order valence-corrected chi connectivity index (χ4v) is 6.80. The zero-order chi connectivity index (χ0) is 31.3. The number of Topliss-reactive ketones (excluding diaryl/α,β-unsaturated/α-hetero) is 1. The number of amides is 2. The van der Waals surface area contributed by atoms with Crippen LogP contribution in [0.4, 0.5) is 5.82 Å². The third-order valence-electron chi connectivity index (χ3n) is 8.81. The Morgan fingerprint density at radius 3 is 2.50 bits per heavy atom. The quantitative estimate of drug-likeness (QED) is 0.200. The number of aryl methyl sites for hydroxylation is 3. The Hall–Kier alpha value is -4.03. The van der Waals surface area contributed by atoms with Crippen molar-refractivity contribution in [2.75, 3.05) is 18.4 Å². The van der Waals surface area contributed by atoms with Crippen molar-refractivity contribution in [2.45, 2.75) is 66.1 Å². The number of nitrogens with one attached hydrogen (secondary N) is 2. The molecule has 0 unspecified atom stereocenters. The lowest BCUT2D eigenvalue weighted by molar-refractivity contribution is -0.138. The zero-order valence-electron chi connectivity index (χ0n) is 25.4. The average Bonchev–Trinajstić information content (AvgIpc) is 3.39. The number of hydrogen-bond acceptors (Lipinski definition) is 8. The maximum atomic E-state index is 14.2. The fourth-order valence-electron chi connectivity index (χ4n) is 6.49. The Kier molecular flexibility index (Phi) is 7.83. The molecule has 3 atom stereocenters. The molecule has 2 fully saturated rings. The summed E-state index contributed by atoms with van der Waals surface area (Å²) in [6.45, 7) is 10.6. The van der Waals surface area contributed by atoms with Crippen molar-refractivity contribution < 1.29 is 14.4 Å². The van der Waals surface area contributed by atoms with Crippen LogP contribution in [-0.2, 0) is 16.1 Å². The van der Waals surface area contributed by atoms with Crippen LogP contribution in [0.15, 0.2) is 41.3 Å². The van der Waals surface area contributed by atoms with E-state index in [1.54, 1.807) is 22.0 Å². The van der Waals surface area contributed by atoms with Gasteiger partial charge in [0.2, 0.25) is 11.8 Å². The number of carbonyl (C=O) groups excluding carboxylic acids is 3. The van der Waals surface area contributed by atoms with E-state index in [2.05, 4.69) is 46.6 Å². The van der Waals surface area contributed by atoms with E-state index in [4.69, 9.17) is 0 Å². The van der Waals surface area contributed by atoms with Crippen molar-refractivity contribution in [3.63, 3.8) is 0 Å². The Labute approximate surface area is 264 Å². The molecular formula is C32H35BrN8O3. The molecule has 0 bridgehead atoms. The van der Waals surface area contributed by atoms with Crippen molar-refractivity contribution in [1.82, 2.24) is 34.9 Å². The molecule has 1 aromatic carbocycles. The van der Waals surface area contributed by atoms with Crippen molar-refractivity contribution >= 4 is 50.2 Å². The second kappa shape index (κ2) is 11.5. The van der Waals surface area contributed by atoms with Gasteiger partial charge in [-0.3, -0.25) is 19.1 Å². The van der Waals surface area contributed by atoms with Gasteiger partial charge in [0.15, 0.2) is 5.78 Å². The Balaban J connectivity index is 1.33.